The van der Waals surface area contributed by atoms with Crippen molar-refractivity contribution in [2.75, 3.05) is 5.73 Å². The molecule has 0 fully saturated rings. The Labute approximate surface area is 80.7 Å². The van der Waals surface area contributed by atoms with Crippen LogP contribution in [-0.2, 0) is 5.67 Å². The molecule has 0 spiro atoms. The van der Waals surface area contributed by atoms with Crippen LogP contribution in [0.3, 0.4) is 0 Å². The van der Waals surface area contributed by atoms with Gasteiger partial charge < -0.3 is 10.2 Å². The van der Waals surface area contributed by atoms with Crippen molar-refractivity contribution in [2.45, 2.75) is 19.5 Å². The van der Waals surface area contributed by atoms with Crippen molar-refractivity contribution >= 4 is 16.8 Å². The first-order valence-corrected chi connectivity index (χ1v) is 4.32. The van der Waals surface area contributed by atoms with E-state index >= 15 is 0 Å². The molecule has 1 heterocycles. The Balaban J connectivity index is 2.63. The zero-order valence-electron chi connectivity index (χ0n) is 8.04. The molecule has 4 heteroatoms. The van der Waals surface area contributed by atoms with Gasteiger partial charge >= 0.3 is 0 Å². The Morgan fingerprint density at radius 2 is 2.14 bits per heavy atom. The maximum absolute atomic E-state index is 13.5. The first-order valence-electron chi connectivity index (χ1n) is 4.32. The van der Waals surface area contributed by atoms with Crippen molar-refractivity contribution in [3.8, 4) is 0 Å². The van der Waals surface area contributed by atoms with E-state index in [-0.39, 0.29) is 5.89 Å². The molecule has 2 aromatic rings. The van der Waals surface area contributed by atoms with Crippen LogP contribution in [0.15, 0.2) is 22.6 Å². The summed E-state index contributed by atoms with van der Waals surface area (Å²) in [5.41, 5.74) is 5.74. The van der Waals surface area contributed by atoms with E-state index in [0.717, 1.165) is 0 Å². The van der Waals surface area contributed by atoms with E-state index in [1.54, 1.807) is 18.2 Å². The van der Waals surface area contributed by atoms with Gasteiger partial charge in [-0.05, 0) is 32.0 Å². The molecule has 0 aliphatic heterocycles. The number of halogens is 1. The molecule has 0 radical (unpaired) electrons. The highest BCUT2D eigenvalue weighted by Gasteiger charge is 2.25. The van der Waals surface area contributed by atoms with E-state index in [2.05, 4.69) is 4.98 Å². The predicted molar refractivity (Wildman–Crippen MR) is 52.6 cm³/mol. The van der Waals surface area contributed by atoms with Crippen molar-refractivity contribution in [2.24, 2.45) is 0 Å². The van der Waals surface area contributed by atoms with Gasteiger partial charge in [0.2, 0.25) is 5.89 Å². The van der Waals surface area contributed by atoms with Gasteiger partial charge in [-0.25, -0.2) is 9.37 Å². The highest BCUT2D eigenvalue weighted by Crippen LogP contribution is 2.27. The van der Waals surface area contributed by atoms with Crippen LogP contribution in [0, 0.1) is 0 Å². The maximum Gasteiger partial charge on any atom is 0.232 e. The summed E-state index contributed by atoms with van der Waals surface area (Å²) in [5, 5.41) is 0. The van der Waals surface area contributed by atoms with Gasteiger partial charge in [-0.3, -0.25) is 0 Å². The molecule has 1 aromatic carbocycles. The number of nitrogen functional groups attached to an aromatic ring is 1. The Morgan fingerprint density at radius 3 is 2.79 bits per heavy atom. The third-order valence-corrected chi connectivity index (χ3v) is 1.92. The monoisotopic (exact) mass is 194 g/mol. The van der Waals surface area contributed by atoms with E-state index in [1.807, 2.05) is 0 Å². The van der Waals surface area contributed by atoms with E-state index < -0.39 is 5.67 Å². The van der Waals surface area contributed by atoms with Gasteiger partial charge in [-0.1, -0.05) is 0 Å². The van der Waals surface area contributed by atoms with Crippen molar-refractivity contribution in [3.05, 3.63) is 24.1 Å². The average molecular weight is 194 g/mol. The maximum atomic E-state index is 13.5. The summed E-state index contributed by atoms with van der Waals surface area (Å²) in [5.74, 6) is 0.0816. The van der Waals surface area contributed by atoms with Gasteiger partial charge in [0.1, 0.15) is 5.52 Å². The zero-order valence-corrected chi connectivity index (χ0v) is 8.04. The Morgan fingerprint density at radius 1 is 1.43 bits per heavy atom. The summed E-state index contributed by atoms with van der Waals surface area (Å²) in [6, 6.07) is 5.05. The fourth-order valence-electron chi connectivity index (χ4n) is 1.20. The second-order valence-corrected chi connectivity index (χ2v) is 3.72. The molecule has 0 unspecified atom stereocenters. The lowest BCUT2D eigenvalue weighted by Crippen LogP contribution is -2.08. The summed E-state index contributed by atoms with van der Waals surface area (Å²) in [6.45, 7) is 2.81. The second-order valence-electron chi connectivity index (χ2n) is 3.72. The third-order valence-electron chi connectivity index (χ3n) is 1.92. The molecule has 0 saturated heterocycles. The van der Waals surface area contributed by atoms with Crippen molar-refractivity contribution in [3.63, 3.8) is 0 Å². The van der Waals surface area contributed by atoms with E-state index in [1.165, 1.54) is 13.8 Å². The van der Waals surface area contributed by atoms with Crippen molar-refractivity contribution in [1.82, 2.24) is 4.98 Å². The Kier molecular flexibility index (Phi) is 1.74. The summed E-state index contributed by atoms with van der Waals surface area (Å²) in [7, 11) is 0. The lowest BCUT2D eigenvalue weighted by molar-refractivity contribution is 0.174. The standard InChI is InChI=1S/C10H11FN2O/c1-10(2,11)9-13-7-5-6(12)3-4-8(7)14-9/h3-5H,12H2,1-2H3. The first-order chi connectivity index (χ1) is 6.47. The van der Waals surface area contributed by atoms with Crippen LogP contribution < -0.4 is 5.73 Å². The highest BCUT2D eigenvalue weighted by atomic mass is 19.1. The third kappa shape index (κ3) is 1.43. The fourth-order valence-corrected chi connectivity index (χ4v) is 1.20. The van der Waals surface area contributed by atoms with Gasteiger partial charge in [-0.15, -0.1) is 0 Å². The molecule has 0 saturated carbocycles. The quantitative estimate of drug-likeness (QED) is 0.710. The number of nitrogens with two attached hydrogens (primary N) is 1. The van der Waals surface area contributed by atoms with Crippen LogP contribution >= 0.6 is 0 Å². The SMILES string of the molecule is CC(C)(F)c1nc2cc(N)ccc2o1. The molecule has 0 bridgehead atoms. The van der Waals surface area contributed by atoms with Crippen LogP contribution in [0.4, 0.5) is 10.1 Å². The zero-order chi connectivity index (χ0) is 10.3. The smallest absolute Gasteiger partial charge is 0.232 e. The van der Waals surface area contributed by atoms with E-state index in [4.69, 9.17) is 10.2 Å². The minimum atomic E-state index is -1.56. The van der Waals surface area contributed by atoms with Gasteiger partial charge in [0.25, 0.3) is 0 Å². The minimum absolute atomic E-state index is 0.0816. The van der Waals surface area contributed by atoms with Crippen LogP contribution in [0.1, 0.15) is 19.7 Å². The topological polar surface area (TPSA) is 52.0 Å². The van der Waals surface area contributed by atoms with Crippen molar-refractivity contribution in [1.29, 1.82) is 0 Å². The van der Waals surface area contributed by atoms with Crippen LogP contribution in [0.2, 0.25) is 0 Å². The highest BCUT2D eigenvalue weighted by molar-refractivity contribution is 5.76. The number of anilines is 1. The first kappa shape index (κ1) is 8.99. The Bertz CT molecular complexity index is 470. The molecule has 0 atom stereocenters. The number of nitrogens with zero attached hydrogens (tertiary/aromatic N) is 1. The summed E-state index contributed by atoms with van der Waals surface area (Å²) >= 11 is 0. The molecule has 0 aliphatic rings. The molecular weight excluding hydrogens is 183 g/mol. The number of benzene rings is 1. The average Bonchev–Trinajstić information content (AvgIpc) is 2.45. The largest absolute Gasteiger partial charge is 0.437 e. The molecule has 1 aromatic heterocycles. The Hall–Kier alpha value is -1.58. The van der Waals surface area contributed by atoms with E-state index in [9.17, 15) is 4.39 Å². The minimum Gasteiger partial charge on any atom is -0.437 e. The number of hydrogen-bond donors (Lipinski definition) is 1. The normalized spacial score (nSPS) is 12.2. The lowest BCUT2D eigenvalue weighted by atomic mass is 10.2. The molecule has 14 heavy (non-hydrogen) atoms. The summed E-state index contributed by atoms with van der Waals surface area (Å²) in [4.78, 5) is 4.02. The summed E-state index contributed by atoms with van der Waals surface area (Å²) < 4.78 is 18.7. The second kappa shape index (κ2) is 2.70. The molecule has 3 nitrogen and oxygen atoms in total. The molecule has 0 amide bonds. The van der Waals surface area contributed by atoms with E-state index in [0.29, 0.717) is 16.8 Å². The number of rotatable bonds is 1. The molecule has 2 N–H and O–H groups in total. The number of fused-ring (bicyclic) bond motifs is 1. The molecule has 2 rings (SSSR count). The van der Waals surface area contributed by atoms with Crippen LogP contribution in [0.25, 0.3) is 11.1 Å². The number of alkyl halides is 1. The van der Waals surface area contributed by atoms with Crippen molar-refractivity contribution < 1.29 is 8.81 Å². The van der Waals surface area contributed by atoms with Crippen LogP contribution in [-0.4, -0.2) is 4.98 Å². The molecule has 74 valence electrons. The summed E-state index contributed by atoms with van der Waals surface area (Å²) in [6.07, 6.45) is 0. The van der Waals surface area contributed by atoms with Gasteiger partial charge in [0, 0.05) is 5.69 Å². The van der Waals surface area contributed by atoms with Gasteiger partial charge in [-0.2, -0.15) is 0 Å². The number of aromatic nitrogens is 1. The number of oxazole rings is 1. The molecule has 0 aliphatic carbocycles. The van der Waals surface area contributed by atoms with Gasteiger partial charge in [0.05, 0.1) is 0 Å². The molecular formula is C10H11FN2O. The van der Waals surface area contributed by atoms with Gasteiger partial charge in [0.15, 0.2) is 11.3 Å². The lowest BCUT2D eigenvalue weighted by Gasteiger charge is -2.06. The number of hydrogen-bond acceptors (Lipinski definition) is 3. The fraction of sp³-hybridized carbons (Fsp3) is 0.300. The van der Waals surface area contributed by atoms with Crippen LogP contribution in [0.5, 0.6) is 0 Å². The predicted octanol–water partition coefficient (Wildman–Crippen LogP) is 2.61.